The summed E-state index contributed by atoms with van der Waals surface area (Å²) in [4.78, 5) is 22.1. The highest BCUT2D eigenvalue weighted by Crippen LogP contribution is 2.24. The molecule has 2 nitrogen and oxygen atoms in total. The zero-order chi connectivity index (χ0) is 10.7. The van der Waals surface area contributed by atoms with Crippen LogP contribution in [-0.2, 0) is 9.59 Å². The Labute approximate surface area is 80.7 Å². The smallest absolute Gasteiger partial charge is 0.145 e. The van der Waals surface area contributed by atoms with Gasteiger partial charge in [0.05, 0.1) is 5.41 Å². The molecule has 0 atom stereocenters. The number of Topliss-reactive ketones (excluding diaryl/α,β-unsaturated/α-hetero) is 1. The van der Waals surface area contributed by atoms with E-state index in [9.17, 15) is 9.59 Å². The van der Waals surface area contributed by atoms with Crippen molar-refractivity contribution in [3.8, 4) is 0 Å². The Hall–Kier alpha value is -0.660. The largest absolute Gasteiger partial charge is 0.302 e. The SMILES string of the molecule is CC(C)(C)CCC(=O)C(C)(C)C=O. The van der Waals surface area contributed by atoms with E-state index >= 15 is 0 Å². The van der Waals surface area contributed by atoms with Crippen molar-refractivity contribution in [2.45, 2.75) is 47.5 Å². The zero-order valence-electron chi connectivity index (χ0n) is 9.31. The molecule has 0 saturated carbocycles. The van der Waals surface area contributed by atoms with Crippen molar-refractivity contribution in [1.29, 1.82) is 0 Å². The molecule has 0 aliphatic carbocycles. The van der Waals surface area contributed by atoms with Gasteiger partial charge in [0.25, 0.3) is 0 Å². The molecule has 2 heteroatoms. The Morgan fingerprint density at radius 2 is 1.62 bits per heavy atom. The first-order valence-electron chi connectivity index (χ1n) is 4.69. The number of hydrogen-bond acceptors (Lipinski definition) is 2. The molecule has 0 radical (unpaired) electrons. The first kappa shape index (κ1) is 12.3. The van der Waals surface area contributed by atoms with Crippen LogP contribution in [0.15, 0.2) is 0 Å². The quantitative estimate of drug-likeness (QED) is 0.497. The van der Waals surface area contributed by atoms with E-state index in [1.807, 2.05) is 0 Å². The summed E-state index contributed by atoms with van der Waals surface area (Å²) in [7, 11) is 0. The molecule has 0 spiro atoms. The van der Waals surface area contributed by atoms with E-state index in [1.54, 1.807) is 13.8 Å². The summed E-state index contributed by atoms with van der Waals surface area (Å²) in [5.74, 6) is 0.0393. The predicted octanol–water partition coefficient (Wildman–Crippen LogP) is 2.61. The van der Waals surface area contributed by atoms with E-state index in [-0.39, 0.29) is 11.2 Å². The summed E-state index contributed by atoms with van der Waals surface area (Å²) in [6.07, 6.45) is 2.07. The molecule has 0 rings (SSSR count). The first-order valence-corrected chi connectivity index (χ1v) is 4.69. The molecule has 0 heterocycles. The van der Waals surface area contributed by atoms with E-state index in [0.717, 1.165) is 12.7 Å². The van der Waals surface area contributed by atoms with Gasteiger partial charge in [-0.15, -0.1) is 0 Å². The minimum Gasteiger partial charge on any atom is -0.302 e. The summed E-state index contributed by atoms with van der Waals surface area (Å²) in [5, 5.41) is 0. The molecule has 0 aliphatic rings. The lowest BCUT2D eigenvalue weighted by molar-refractivity contribution is -0.133. The number of hydrogen-bond donors (Lipinski definition) is 0. The van der Waals surface area contributed by atoms with Crippen LogP contribution < -0.4 is 0 Å². The predicted molar refractivity (Wildman–Crippen MR) is 53.5 cm³/mol. The van der Waals surface area contributed by atoms with E-state index < -0.39 is 5.41 Å². The average molecular weight is 184 g/mol. The number of aldehydes is 1. The average Bonchev–Trinajstić information content (AvgIpc) is 1.98. The van der Waals surface area contributed by atoms with Crippen LogP contribution in [0.1, 0.15) is 47.5 Å². The highest BCUT2D eigenvalue weighted by Gasteiger charge is 2.27. The fourth-order valence-electron chi connectivity index (χ4n) is 0.876. The summed E-state index contributed by atoms with van der Waals surface area (Å²) >= 11 is 0. The van der Waals surface area contributed by atoms with Crippen molar-refractivity contribution < 1.29 is 9.59 Å². The van der Waals surface area contributed by atoms with Gasteiger partial charge in [-0.05, 0) is 25.7 Å². The topological polar surface area (TPSA) is 34.1 Å². The number of ketones is 1. The van der Waals surface area contributed by atoms with E-state index in [1.165, 1.54) is 0 Å². The van der Waals surface area contributed by atoms with Gasteiger partial charge in [-0.1, -0.05) is 20.8 Å². The van der Waals surface area contributed by atoms with Crippen LogP contribution in [0, 0.1) is 10.8 Å². The second kappa shape index (κ2) is 4.03. The molecular formula is C11H20O2. The Kier molecular flexibility index (Phi) is 3.83. The molecule has 0 amide bonds. The van der Waals surface area contributed by atoms with Crippen molar-refractivity contribution in [1.82, 2.24) is 0 Å². The molecular weight excluding hydrogens is 164 g/mol. The second-order valence-corrected chi connectivity index (χ2v) is 5.32. The standard InChI is InChI=1S/C11H20O2/c1-10(2,3)7-6-9(13)11(4,5)8-12/h8H,6-7H2,1-5H3. The summed E-state index contributed by atoms with van der Waals surface area (Å²) in [5.41, 5.74) is -0.639. The molecule has 0 aromatic carbocycles. The van der Waals surface area contributed by atoms with Gasteiger partial charge in [-0.3, -0.25) is 4.79 Å². The highest BCUT2D eigenvalue weighted by molar-refractivity contribution is 5.97. The summed E-state index contributed by atoms with van der Waals surface area (Å²) in [6, 6.07) is 0. The number of carbonyl (C=O) groups is 2. The Morgan fingerprint density at radius 3 is 1.92 bits per heavy atom. The molecule has 0 aromatic heterocycles. The molecule has 0 saturated heterocycles. The van der Waals surface area contributed by atoms with Gasteiger partial charge in [0.15, 0.2) is 0 Å². The summed E-state index contributed by atoms with van der Waals surface area (Å²) < 4.78 is 0. The fourth-order valence-corrected chi connectivity index (χ4v) is 0.876. The zero-order valence-corrected chi connectivity index (χ0v) is 9.31. The van der Waals surface area contributed by atoms with Gasteiger partial charge in [-0.25, -0.2) is 0 Å². The third kappa shape index (κ3) is 4.81. The van der Waals surface area contributed by atoms with Crippen molar-refractivity contribution in [3.05, 3.63) is 0 Å². The number of rotatable bonds is 4. The Morgan fingerprint density at radius 1 is 1.15 bits per heavy atom. The highest BCUT2D eigenvalue weighted by atomic mass is 16.1. The minimum atomic E-state index is -0.800. The van der Waals surface area contributed by atoms with E-state index in [4.69, 9.17) is 0 Å². The molecule has 0 unspecified atom stereocenters. The minimum absolute atomic E-state index is 0.0393. The number of carbonyl (C=O) groups excluding carboxylic acids is 2. The Balaban J connectivity index is 4.10. The lowest BCUT2D eigenvalue weighted by Crippen LogP contribution is -2.26. The van der Waals surface area contributed by atoms with Crippen LogP contribution in [0.25, 0.3) is 0 Å². The normalized spacial score (nSPS) is 12.7. The molecule has 13 heavy (non-hydrogen) atoms. The van der Waals surface area contributed by atoms with Gasteiger partial charge in [0.1, 0.15) is 12.1 Å². The van der Waals surface area contributed by atoms with Gasteiger partial charge >= 0.3 is 0 Å². The van der Waals surface area contributed by atoms with Crippen molar-refractivity contribution in [2.24, 2.45) is 10.8 Å². The monoisotopic (exact) mass is 184 g/mol. The fraction of sp³-hybridized carbons (Fsp3) is 0.818. The lowest BCUT2D eigenvalue weighted by Gasteiger charge is -2.20. The van der Waals surface area contributed by atoms with E-state index in [2.05, 4.69) is 20.8 Å². The van der Waals surface area contributed by atoms with Crippen LogP contribution in [0.5, 0.6) is 0 Å². The third-order valence-corrected chi connectivity index (χ3v) is 2.12. The van der Waals surface area contributed by atoms with Crippen molar-refractivity contribution in [3.63, 3.8) is 0 Å². The molecule has 0 aromatic rings. The second-order valence-electron chi connectivity index (χ2n) is 5.32. The van der Waals surface area contributed by atoms with Crippen LogP contribution in [0.4, 0.5) is 0 Å². The molecule has 76 valence electrons. The molecule has 0 N–H and O–H groups in total. The molecule has 0 aliphatic heterocycles. The maximum absolute atomic E-state index is 11.5. The van der Waals surface area contributed by atoms with Crippen LogP contribution in [0.2, 0.25) is 0 Å². The van der Waals surface area contributed by atoms with Crippen LogP contribution in [0.3, 0.4) is 0 Å². The maximum atomic E-state index is 11.5. The van der Waals surface area contributed by atoms with E-state index in [0.29, 0.717) is 6.42 Å². The van der Waals surface area contributed by atoms with Gasteiger partial charge in [0, 0.05) is 6.42 Å². The van der Waals surface area contributed by atoms with Crippen molar-refractivity contribution >= 4 is 12.1 Å². The lowest BCUT2D eigenvalue weighted by atomic mass is 9.82. The van der Waals surface area contributed by atoms with Crippen LogP contribution in [-0.4, -0.2) is 12.1 Å². The van der Waals surface area contributed by atoms with Crippen molar-refractivity contribution in [2.75, 3.05) is 0 Å². The summed E-state index contributed by atoms with van der Waals surface area (Å²) in [6.45, 7) is 9.62. The Bertz CT molecular complexity index is 197. The molecule has 0 fully saturated rings. The van der Waals surface area contributed by atoms with Crippen LogP contribution >= 0.6 is 0 Å². The third-order valence-electron chi connectivity index (χ3n) is 2.12. The maximum Gasteiger partial charge on any atom is 0.145 e. The first-order chi connectivity index (χ1) is 5.69. The van der Waals surface area contributed by atoms with Gasteiger partial charge in [0.2, 0.25) is 0 Å². The van der Waals surface area contributed by atoms with Gasteiger partial charge < -0.3 is 4.79 Å². The molecule has 0 bridgehead atoms. The van der Waals surface area contributed by atoms with Gasteiger partial charge in [-0.2, -0.15) is 0 Å².